The van der Waals surface area contributed by atoms with Crippen molar-refractivity contribution in [3.8, 4) is 0 Å². The SMILES string of the molecule is O=C(N/N=C/c1ccc([N+](=O)[O-])o1)c1cccc(Cl)c1. The fraction of sp³-hybridized carbons (Fsp3) is 0. The molecule has 1 aromatic heterocycles. The Balaban J connectivity index is 1.99. The number of nitrogens with one attached hydrogen (secondary N) is 1. The third-order valence-electron chi connectivity index (χ3n) is 2.24. The molecule has 1 aromatic carbocycles. The van der Waals surface area contributed by atoms with E-state index in [-0.39, 0.29) is 5.76 Å². The van der Waals surface area contributed by atoms with Crippen LogP contribution in [0.4, 0.5) is 5.88 Å². The zero-order chi connectivity index (χ0) is 14.5. The fourth-order valence-corrected chi connectivity index (χ4v) is 1.55. The summed E-state index contributed by atoms with van der Waals surface area (Å²) in [6.45, 7) is 0. The van der Waals surface area contributed by atoms with Crippen molar-refractivity contribution in [2.24, 2.45) is 5.10 Å². The van der Waals surface area contributed by atoms with E-state index in [0.717, 1.165) is 6.21 Å². The van der Waals surface area contributed by atoms with Crippen LogP contribution in [-0.4, -0.2) is 17.0 Å². The lowest BCUT2D eigenvalue weighted by atomic mass is 10.2. The molecule has 0 fully saturated rings. The Hall–Kier alpha value is -2.67. The number of benzene rings is 1. The van der Waals surface area contributed by atoms with Crippen molar-refractivity contribution in [1.29, 1.82) is 0 Å². The van der Waals surface area contributed by atoms with Gasteiger partial charge in [0.15, 0.2) is 5.76 Å². The minimum Gasteiger partial charge on any atom is -0.400 e. The monoisotopic (exact) mass is 293 g/mol. The smallest absolute Gasteiger partial charge is 0.400 e. The predicted molar refractivity (Wildman–Crippen MR) is 71.9 cm³/mol. The normalized spacial score (nSPS) is 10.7. The average Bonchev–Trinajstić information content (AvgIpc) is 2.87. The minimum absolute atomic E-state index is 0.156. The molecule has 0 atom stereocenters. The van der Waals surface area contributed by atoms with Crippen molar-refractivity contribution >= 4 is 29.6 Å². The van der Waals surface area contributed by atoms with E-state index in [9.17, 15) is 14.9 Å². The molecule has 0 unspecified atom stereocenters. The molecule has 1 N–H and O–H groups in total. The van der Waals surface area contributed by atoms with Gasteiger partial charge in [-0.25, -0.2) is 5.43 Å². The molecule has 0 aliphatic carbocycles. The molecule has 1 heterocycles. The molecular formula is C12H8ClN3O4. The van der Waals surface area contributed by atoms with Crippen molar-refractivity contribution in [3.05, 3.63) is 62.9 Å². The molecule has 0 spiro atoms. The van der Waals surface area contributed by atoms with Gasteiger partial charge in [-0.3, -0.25) is 14.9 Å². The van der Waals surface area contributed by atoms with Crippen molar-refractivity contribution in [2.45, 2.75) is 0 Å². The van der Waals surface area contributed by atoms with Gasteiger partial charge in [0.25, 0.3) is 5.91 Å². The Kier molecular flexibility index (Phi) is 4.11. The fourth-order valence-electron chi connectivity index (χ4n) is 1.36. The number of halogens is 1. The number of rotatable bonds is 4. The van der Waals surface area contributed by atoms with Crippen LogP contribution in [0.1, 0.15) is 16.1 Å². The number of nitrogens with zero attached hydrogens (tertiary/aromatic N) is 2. The highest BCUT2D eigenvalue weighted by Gasteiger charge is 2.10. The number of amides is 1. The Labute approximate surface area is 118 Å². The van der Waals surface area contributed by atoms with Gasteiger partial charge in [0.05, 0.1) is 12.3 Å². The molecule has 0 aliphatic heterocycles. The number of nitro groups is 1. The number of carbonyl (C=O) groups is 1. The first-order chi connectivity index (χ1) is 9.56. The van der Waals surface area contributed by atoms with Gasteiger partial charge in [-0.05, 0) is 24.3 Å². The number of carbonyl (C=O) groups excluding carboxylic acids is 1. The number of hydrogen-bond donors (Lipinski definition) is 1. The van der Waals surface area contributed by atoms with Crippen LogP contribution in [0.3, 0.4) is 0 Å². The lowest BCUT2D eigenvalue weighted by molar-refractivity contribution is -0.402. The summed E-state index contributed by atoms with van der Waals surface area (Å²) in [6, 6.07) is 8.91. The first kappa shape index (κ1) is 13.8. The molecule has 2 rings (SSSR count). The van der Waals surface area contributed by atoms with Crippen LogP contribution >= 0.6 is 11.6 Å². The molecule has 20 heavy (non-hydrogen) atoms. The molecule has 0 bridgehead atoms. The molecule has 2 aromatic rings. The average molecular weight is 294 g/mol. The van der Waals surface area contributed by atoms with Crippen LogP contribution < -0.4 is 5.43 Å². The molecule has 7 nitrogen and oxygen atoms in total. The van der Waals surface area contributed by atoms with Crippen LogP contribution in [0, 0.1) is 10.1 Å². The van der Waals surface area contributed by atoms with Gasteiger partial charge in [0.2, 0.25) is 0 Å². The third kappa shape index (κ3) is 3.42. The molecule has 8 heteroatoms. The van der Waals surface area contributed by atoms with Gasteiger partial charge >= 0.3 is 5.88 Å². The van der Waals surface area contributed by atoms with Gasteiger partial charge in [-0.2, -0.15) is 5.10 Å². The molecule has 0 saturated heterocycles. The summed E-state index contributed by atoms with van der Waals surface area (Å²) in [4.78, 5) is 21.4. The van der Waals surface area contributed by atoms with Gasteiger partial charge in [-0.15, -0.1) is 0 Å². The first-order valence-electron chi connectivity index (χ1n) is 5.39. The highest BCUT2D eigenvalue weighted by atomic mass is 35.5. The second-order valence-electron chi connectivity index (χ2n) is 3.64. The summed E-state index contributed by atoms with van der Waals surface area (Å²) in [5.74, 6) is -0.694. The topological polar surface area (TPSA) is 97.7 Å². The van der Waals surface area contributed by atoms with Gasteiger partial charge in [-0.1, -0.05) is 17.7 Å². The van der Waals surface area contributed by atoms with Crippen LogP contribution in [0.25, 0.3) is 0 Å². The lowest BCUT2D eigenvalue weighted by Gasteiger charge is -1.99. The Morgan fingerprint density at radius 2 is 2.20 bits per heavy atom. The van der Waals surface area contributed by atoms with Crippen molar-refractivity contribution in [1.82, 2.24) is 5.43 Å². The molecule has 0 saturated carbocycles. The summed E-state index contributed by atoms with van der Waals surface area (Å²) in [5, 5.41) is 14.5. The second kappa shape index (κ2) is 5.98. The summed E-state index contributed by atoms with van der Waals surface area (Å²) in [7, 11) is 0. The van der Waals surface area contributed by atoms with Crippen molar-refractivity contribution in [3.63, 3.8) is 0 Å². The maximum Gasteiger partial charge on any atom is 0.433 e. The zero-order valence-corrected chi connectivity index (χ0v) is 10.7. The highest BCUT2D eigenvalue weighted by Crippen LogP contribution is 2.14. The number of hydrogen-bond acceptors (Lipinski definition) is 5. The van der Waals surface area contributed by atoms with E-state index in [4.69, 9.17) is 16.0 Å². The van der Waals surface area contributed by atoms with Gasteiger partial charge in [0.1, 0.15) is 4.92 Å². The maximum absolute atomic E-state index is 11.7. The van der Waals surface area contributed by atoms with E-state index in [1.165, 1.54) is 18.2 Å². The summed E-state index contributed by atoms with van der Waals surface area (Å²) in [5.41, 5.74) is 2.60. The number of hydrazone groups is 1. The standard InChI is InChI=1S/C12H8ClN3O4/c13-9-3-1-2-8(6-9)12(17)15-14-7-10-4-5-11(20-10)16(18)19/h1-7H,(H,15,17)/b14-7+. The van der Waals surface area contributed by atoms with Crippen molar-refractivity contribution in [2.75, 3.05) is 0 Å². The van der Waals surface area contributed by atoms with Crippen LogP contribution in [0.2, 0.25) is 5.02 Å². The molecule has 1 amide bonds. The van der Waals surface area contributed by atoms with E-state index >= 15 is 0 Å². The first-order valence-corrected chi connectivity index (χ1v) is 5.77. The Bertz CT molecular complexity index is 681. The Morgan fingerprint density at radius 1 is 1.40 bits per heavy atom. The van der Waals surface area contributed by atoms with Crippen LogP contribution in [-0.2, 0) is 0 Å². The van der Waals surface area contributed by atoms with Crippen molar-refractivity contribution < 1.29 is 14.1 Å². The summed E-state index contributed by atoms with van der Waals surface area (Å²) in [6.07, 6.45) is 1.16. The van der Waals surface area contributed by atoms with Crippen LogP contribution in [0.15, 0.2) is 45.9 Å². The second-order valence-corrected chi connectivity index (χ2v) is 4.08. The number of furan rings is 1. The van der Waals surface area contributed by atoms with E-state index in [1.54, 1.807) is 18.2 Å². The van der Waals surface area contributed by atoms with Gasteiger partial charge < -0.3 is 4.42 Å². The molecule has 0 radical (unpaired) electrons. The minimum atomic E-state index is -0.665. The van der Waals surface area contributed by atoms with E-state index < -0.39 is 16.7 Å². The lowest BCUT2D eigenvalue weighted by Crippen LogP contribution is -2.17. The molecule has 102 valence electrons. The van der Waals surface area contributed by atoms with E-state index in [2.05, 4.69) is 10.5 Å². The maximum atomic E-state index is 11.7. The van der Waals surface area contributed by atoms with E-state index in [0.29, 0.717) is 10.6 Å². The third-order valence-corrected chi connectivity index (χ3v) is 2.47. The predicted octanol–water partition coefficient (Wildman–Crippen LogP) is 2.61. The van der Waals surface area contributed by atoms with E-state index in [1.807, 2.05) is 0 Å². The zero-order valence-electron chi connectivity index (χ0n) is 9.95. The quantitative estimate of drug-likeness (QED) is 0.532. The van der Waals surface area contributed by atoms with Gasteiger partial charge in [0, 0.05) is 10.6 Å². The summed E-state index contributed by atoms with van der Waals surface area (Å²) < 4.78 is 4.83. The highest BCUT2D eigenvalue weighted by molar-refractivity contribution is 6.30. The largest absolute Gasteiger partial charge is 0.433 e. The summed E-state index contributed by atoms with van der Waals surface area (Å²) >= 11 is 5.75. The molecule has 0 aliphatic rings. The van der Waals surface area contributed by atoms with Crippen LogP contribution in [0.5, 0.6) is 0 Å². The molecular weight excluding hydrogens is 286 g/mol. The Morgan fingerprint density at radius 3 is 2.85 bits per heavy atom.